The maximum absolute atomic E-state index is 12.4. The van der Waals surface area contributed by atoms with Crippen molar-refractivity contribution in [3.05, 3.63) is 0 Å². The fourth-order valence-electron chi connectivity index (χ4n) is 3.09. The van der Waals surface area contributed by atoms with Gasteiger partial charge in [-0.05, 0) is 46.1 Å². The van der Waals surface area contributed by atoms with Gasteiger partial charge in [-0.15, -0.1) is 0 Å². The molecule has 2 atom stereocenters. The Morgan fingerprint density at radius 3 is 1.86 bits per heavy atom. The highest BCUT2D eigenvalue weighted by atomic mass is 16.5. The van der Waals surface area contributed by atoms with Gasteiger partial charge in [0.2, 0.25) is 0 Å². The van der Waals surface area contributed by atoms with Gasteiger partial charge in [0.15, 0.2) is 0 Å². The van der Waals surface area contributed by atoms with E-state index in [-0.39, 0.29) is 31.4 Å². The fraction of sp³-hybridized carbons (Fsp3) is 0.840. The Kier molecular flexibility index (Phi) is 20.9. The molecule has 0 saturated carbocycles. The first-order valence-electron chi connectivity index (χ1n) is 13.0. The molecule has 0 amide bonds. The predicted octanol–water partition coefficient (Wildman–Crippen LogP) is 2.67. The van der Waals surface area contributed by atoms with Crippen molar-refractivity contribution in [1.29, 1.82) is 0 Å². The lowest BCUT2D eigenvalue weighted by atomic mass is 10.1. The molecule has 1 unspecified atom stereocenters. The van der Waals surface area contributed by atoms with Gasteiger partial charge in [0.25, 0.3) is 0 Å². The van der Waals surface area contributed by atoms with Crippen molar-refractivity contribution in [2.45, 2.75) is 97.6 Å². The van der Waals surface area contributed by atoms with Gasteiger partial charge in [-0.25, -0.2) is 0 Å². The van der Waals surface area contributed by atoms with E-state index in [9.17, 15) is 19.2 Å². The second-order valence-corrected chi connectivity index (χ2v) is 8.12. The van der Waals surface area contributed by atoms with Gasteiger partial charge in [-0.1, -0.05) is 33.1 Å². The van der Waals surface area contributed by atoms with Gasteiger partial charge in [-0.3, -0.25) is 19.2 Å². The lowest BCUT2D eigenvalue weighted by molar-refractivity contribution is -0.153. The quantitative estimate of drug-likeness (QED) is 0.129. The summed E-state index contributed by atoms with van der Waals surface area (Å²) in [5.41, 5.74) is 0. The van der Waals surface area contributed by atoms with Crippen molar-refractivity contribution in [2.75, 3.05) is 39.5 Å². The summed E-state index contributed by atoms with van der Waals surface area (Å²) in [5.74, 6) is -1.58. The summed E-state index contributed by atoms with van der Waals surface area (Å²) in [4.78, 5) is 48.3. The molecule has 0 aliphatic rings. The molecule has 0 radical (unpaired) electrons. The van der Waals surface area contributed by atoms with E-state index in [0.29, 0.717) is 52.2 Å². The third-order valence-corrected chi connectivity index (χ3v) is 5.07. The molecule has 2 N–H and O–H groups in total. The molecule has 0 bridgehead atoms. The molecule has 0 saturated heterocycles. The molecule has 0 spiro atoms. The summed E-state index contributed by atoms with van der Waals surface area (Å²) in [5, 5.41) is 6.15. The summed E-state index contributed by atoms with van der Waals surface area (Å²) in [6.07, 6.45) is 5.28. The first-order valence-corrected chi connectivity index (χ1v) is 13.0. The minimum Gasteiger partial charge on any atom is -0.466 e. The van der Waals surface area contributed by atoms with Gasteiger partial charge in [0.05, 0.1) is 39.3 Å². The Hall–Kier alpha value is -2.20. The van der Waals surface area contributed by atoms with Gasteiger partial charge < -0.3 is 29.6 Å². The van der Waals surface area contributed by atoms with E-state index in [1.807, 2.05) is 13.8 Å². The van der Waals surface area contributed by atoms with Crippen LogP contribution in [-0.4, -0.2) is 75.5 Å². The standard InChI is InChI=1S/C25H46N2O8/c1-5-9-17-34-23(29)19-21(25(31)35-18-10-6-2)26-15-12-11-13-20(24(30)33-8-4)27-16-14-22(28)32-7-3/h20-21,26-27H,5-19H2,1-4H3/t20?,21-/m0/s1. The summed E-state index contributed by atoms with van der Waals surface area (Å²) in [7, 11) is 0. The van der Waals surface area contributed by atoms with Crippen LogP contribution < -0.4 is 10.6 Å². The molecule has 10 heteroatoms. The van der Waals surface area contributed by atoms with Crippen LogP contribution in [0.2, 0.25) is 0 Å². The molecule has 204 valence electrons. The van der Waals surface area contributed by atoms with Crippen LogP contribution >= 0.6 is 0 Å². The molecular formula is C25H46N2O8. The maximum atomic E-state index is 12.4. The topological polar surface area (TPSA) is 129 Å². The Balaban J connectivity index is 4.62. The third-order valence-electron chi connectivity index (χ3n) is 5.07. The molecule has 0 aliphatic carbocycles. The third kappa shape index (κ3) is 17.8. The molecule has 0 aliphatic heterocycles. The van der Waals surface area contributed by atoms with Gasteiger partial charge in [-0.2, -0.15) is 0 Å². The zero-order valence-corrected chi connectivity index (χ0v) is 22.0. The van der Waals surface area contributed by atoms with E-state index in [4.69, 9.17) is 18.9 Å². The Bertz CT molecular complexity index is 600. The molecule has 0 aromatic carbocycles. The van der Waals surface area contributed by atoms with Crippen molar-refractivity contribution in [2.24, 2.45) is 0 Å². The minimum absolute atomic E-state index is 0.0878. The summed E-state index contributed by atoms with van der Waals surface area (Å²) >= 11 is 0. The van der Waals surface area contributed by atoms with Gasteiger partial charge >= 0.3 is 23.9 Å². The van der Waals surface area contributed by atoms with Crippen molar-refractivity contribution < 1.29 is 38.1 Å². The Morgan fingerprint density at radius 1 is 0.629 bits per heavy atom. The maximum Gasteiger partial charge on any atom is 0.323 e. The van der Waals surface area contributed by atoms with Crippen molar-refractivity contribution in [3.63, 3.8) is 0 Å². The van der Waals surface area contributed by atoms with Crippen LogP contribution in [-0.2, 0) is 38.1 Å². The first kappa shape index (κ1) is 32.8. The molecule has 0 aromatic heterocycles. The summed E-state index contributed by atoms with van der Waals surface area (Å²) < 4.78 is 20.5. The molecule has 0 rings (SSSR count). The Morgan fingerprint density at radius 2 is 1.23 bits per heavy atom. The van der Waals surface area contributed by atoms with Crippen molar-refractivity contribution >= 4 is 23.9 Å². The van der Waals surface area contributed by atoms with E-state index in [1.165, 1.54) is 0 Å². The highest BCUT2D eigenvalue weighted by Gasteiger charge is 2.24. The molecule has 0 aromatic rings. The van der Waals surface area contributed by atoms with Crippen LogP contribution in [0.1, 0.15) is 85.5 Å². The highest BCUT2D eigenvalue weighted by Crippen LogP contribution is 2.06. The van der Waals surface area contributed by atoms with Crippen molar-refractivity contribution in [1.82, 2.24) is 10.6 Å². The van der Waals surface area contributed by atoms with Crippen LogP contribution in [0.15, 0.2) is 0 Å². The molecular weight excluding hydrogens is 456 g/mol. The van der Waals surface area contributed by atoms with Crippen LogP contribution in [0.4, 0.5) is 0 Å². The summed E-state index contributed by atoms with van der Waals surface area (Å²) in [6, 6.07) is -1.31. The SMILES string of the molecule is CCCCOC(=O)C[C@H](NCCCCC(NCCC(=O)OCC)C(=O)OCC)C(=O)OCCCC. The molecule has 0 heterocycles. The number of esters is 4. The highest BCUT2D eigenvalue weighted by molar-refractivity contribution is 5.82. The van der Waals surface area contributed by atoms with Crippen LogP contribution in [0.3, 0.4) is 0 Å². The zero-order valence-electron chi connectivity index (χ0n) is 22.0. The number of hydrogen-bond acceptors (Lipinski definition) is 10. The average Bonchev–Trinajstić information content (AvgIpc) is 2.82. The zero-order chi connectivity index (χ0) is 26.3. The smallest absolute Gasteiger partial charge is 0.323 e. The van der Waals surface area contributed by atoms with E-state index in [2.05, 4.69) is 10.6 Å². The largest absolute Gasteiger partial charge is 0.466 e. The van der Waals surface area contributed by atoms with Crippen molar-refractivity contribution in [3.8, 4) is 0 Å². The lowest BCUT2D eigenvalue weighted by Gasteiger charge is -2.19. The number of rotatable bonds is 22. The number of nitrogens with one attached hydrogen (secondary N) is 2. The fourth-order valence-corrected chi connectivity index (χ4v) is 3.09. The van der Waals surface area contributed by atoms with E-state index >= 15 is 0 Å². The predicted molar refractivity (Wildman–Crippen MR) is 132 cm³/mol. The number of ether oxygens (including phenoxy) is 4. The Labute approximate surface area is 210 Å². The number of unbranched alkanes of at least 4 members (excludes halogenated alkanes) is 3. The van der Waals surface area contributed by atoms with E-state index in [1.54, 1.807) is 13.8 Å². The van der Waals surface area contributed by atoms with E-state index < -0.39 is 24.0 Å². The van der Waals surface area contributed by atoms with Crippen LogP contribution in [0, 0.1) is 0 Å². The minimum atomic E-state index is -0.774. The first-order chi connectivity index (χ1) is 16.9. The second kappa shape index (κ2) is 22.3. The average molecular weight is 503 g/mol. The second-order valence-electron chi connectivity index (χ2n) is 8.12. The van der Waals surface area contributed by atoms with Gasteiger partial charge in [0, 0.05) is 6.54 Å². The number of carbonyl (C=O) groups excluding carboxylic acids is 4. The molecule has 35 heavy (non-hydrogen) atoms. The lowest BCUT2D eigenvalue weighted by Crippen LogP contribution is -2.41. The molecule has 10 nitrogen and oxygen atoms in total. The number of hydrogen-bond donors (Lipinski definition) is 2. The summed E-state index contributed by atoms with van der Waals surface area (Å²) in [6.45, 7) is 9.51. The van der Waals surface area contributed by atoms with E-state index in [0.717, 1.165) is 25.7 Å². The number of carbonyl (C=O) groups is 4. The van der Waals surface area contributed by atoms with Gasteiger partial charge in [0.1, 0.15) is 12.1 Å². The normalized spacial score (nSPS) is 12.5. The molecule has 0 fully saturated rings. The monoisotopic (exact) mass is 502 g/mol. The van der Waals surface area contributed by atoms with Crippen LogP contribution in [0.25, 0.3) is 0 Å². The van der Waals surface area contributed by atoms with Crippen LogP contribution in [0.5, 0.6) is 0 Å².